The smallest absolute Gasteiger partial charge is 0.223 e. The zero-order chi connectivity index (χ0) is 14.5. The Labute approximate surface area is 126 Å². The van der Waals surface area contributed by atoms with Gasteiger partial charge in [0.15, 0.2) is 0 Å². The molecule has 1 fully saturated rings. The van der Waals surface area contributed by atoms with Crippen LogP contribution in [0, 0.1) is 5.92 Å². The number of benzene rings is 1. The monoisotopic (exact) mass is 294 g/mol. The highest BCUT2D eigenvalue weighted by Crippen LogP contribution is 2.28. The zero-order valence-electron chi connectivity index (χ0n) is 12.2. The fraction of sp³-hybridized carbons (Fsp3) is 0.562. The second kappa shape index (κ2) is 7.09. The first-order valence-corrected chi connectivity index (χ1v) is 7.64. The van der Waals surface area contributed by atoms with Gasteiger partial charge in [0.05, 0.1) is 6.04 Å². The molecule has 0 aromatic heterocycles. The van der Waals surface area contributed by atoms with E-state index in [0.717, 1.165) is 36.4 Å². The summed E-state index contributed by atoms with van der Waals surface area (Å²) in [5.74, 6) is 0.430. The summed E-state index contributed by atoms with van der Waals surface area (Å²) in [6, 6.07) is 7.85. The molecule has 1 amide bonds. The Morgan fingerprint density at radius 3 is 2.50 bits per heavy atom. The minimum atomic E-state index is 0.0720. The molecule has 110 valence electrons. The number of hydrogen-bond acceptors (Lipinski definition) is 2. The van der Waals surface area contributed by atoms with Gasteiger partial charge in [-0.3, -0.25) is 4.79 Å². The van der Waals surface area contributed by atoms with E-state index in [1.807, 2.05) is 38.4 Å². The first-order valence-electron chi connectivity index (χ1n) is 7.27. The molecule has 0 aliphatic heterocycles. The van der Waals surface area contributed by atoms with E-state index in [-0.39, 0.29) is 17.9 Å². The molecule has 0 spiro atoms. The van der Waals surface area contributed by atoms with Gasteiger partial charge < -0.3 is 10.2 Å². The van der Waals surface area contributed by atoms with Crippen LogP contribution < -0.4 is 5.32 Å². The maximum Gasteiger partial charge on any atom is 0.223 e. The lowest BCUT2D eigenvalue weighted by Crippen LogP contribution is -2.37. The van der Waals surface area contributed by atoms with Crippen molar-refractivity contribution in [1.29, 1.82) is 0 Å². The molecule has 1 N–H and O–H groups in total. The summed E-state index contributed by atoms with van der Waals surface area (Å²) in [6.45, 7) is 0.943. The zero-order valence-corrected chi connectivity index (χ0v) is 13.0. The molecule has 3 nitrogen and oxygen atoms in total. The molecule has 20 heavy (non-hydrogen) atoms. The van der Waals surface area contributed by atoms with Gasteiger partial charge in [-0.05, 0) is 57.6 Å². The van der Waals surface area contributed by atoms with Crippen LogP contribution in [0.25, 0.3) is 0 Å². The molecule has 1 aromatic rings. The highest BCUT2D eigenvalue weighted by atomic mass is 35.5. The van der Waals surface area contributed by atoms with Crippen molar-refractivity contribution in [2.24, 2.45) is 5.92 Å². The lowest BCUT2D eigenvalue weighted by Gasteiger charge is -2.28. The summed E-state index contributed by atoms with van der Waals surface area (Å²) in [5.41, 5.74) is 1.13. The minimum absolute atomic E-state index is 0.0720. The van der Waals surface area contributed by atoms with Crippen LogP contribution in [0.2, 0.25) is 5.02 Å². The molecule has 1 atom stereocenters. The standard InChI is InChI=1S/C16H23ClN2O/c1-19(2)11-10-15(12-6-8-14(17)9-7-12)18-16(20)13-4-3-5-13/h6-9,13,15H,3-5,10-11H2,1-2H3,(H,18,20). The van der Waals surface area contributed by atoms with Crippen molar-refractivity contribution < 1.29 is 4.79 Å². The largest absolute Gasteiger partial charge is 0.349 e. The van der Waals surface area contributed by atoms with Crippen LogP contribution in [-0.4, -0.2) is 31.4 Å². The summed E-state index contributed by atoms with van der Waals surface area (Å²) in [7, 11) is 4.10. The second-order valence-electron chi connectivity index (χ2n) is 5.83. The van der Waals surface area contributed by atoms with Crippen LogP contribution in [0.15, 0.2) is 24.3 Å². The van der Waals surface area contributed by atoms with Crippen molar-refractivity contribution in [2.75, 3.05) is 20.6 Å². The Kier molecular flexibility index (Phi) is 5.44. The normalized spacial score (nSPS) is 16.8. The van der Waals surface area contributed by atoms with Crippen LogP contribution >= 0.6 is 11.6 Å². The van der Waals surface area contributed by atoms with Gasteiger partial charge >= 0.3 is 0 Å². The van der Waals surface area contributed by atoms with Gasteiger partial charge in [0.1, 0.15) is 0 Å². The van der Waals surface area contributed by atoms with Gasteiger partial charge in [-0.15, -0.1) is 0 Å². The topological polar surface area (TPSA) is 32.3 Å². The van der Waals surface area contributed by atoms with Gasteiger partial charge in [-0.25, -0.2) is 0 Å². The molecule has 2 rings (SSSR count). The summed E-state index contributed by atoms with van der Waals surface area (Å²) >= 11 is 5.94. The average molecular weight is 295 g/mol. The molecule has 1 saturated carbocycles. The Morgan fingerprint density at radius 2 is 2.00 bits per heavy atom. The first-order chi connectivity index (χ1) is 9.56. The highest BCUT2D eigenvalue weighted by Gasteiger charge is 2.27. The average Bonchev–Trinajstić information content (AvgIpc) is 2.33. The predicted molar refractivity (Wildman–Crippen MR) is 82.8 cm³/mol. The lowest BCUT2D eigenvalue weighted by molar-refractivity contribution is -0.128. The molecule has 0 heterocycles. The molecule has 0 radical (unpaired) electrons. The molecule has 4 heteroatoms. The van der Waals surface area contributed by atoms with E-state index in [4.69, 9.17) is 11.6 Å². The van der Waals surface area contributed by atoms with E-state index < -0.39 is 0 Å². The Morgan fingerprint density at radius 1 is 1.35 bits per heavy atom. The van der Waals surface area contributed by atoms with Crippen molar-refractivity contribution in [3.05, 3.63) is 34.9 Å². The van der Waals surface area contributed by atoms with E-state index in [1.165, 1.54) is 6.42 Å². The molecule has 1 aliphatic rings. The number of hydrogen-bond donors (Lipinski definition) is 1. The Balaban J connectivity index is 2.02. The third kappa shape index (κ3) is 4.22. The minimum Gasteiger partial charge on any atom is -0.349 e. The van der Waals surface area contributed by atoms with Crippen molar-refractivity contribution in [3.63, 3.8) is 0 Å². The molecule has 0 saturated heterocycles. The van der Waals surface area contributed by atoms with E-state index in [9.17, 15) is 4.79 Å². The third-order valence-electron chi connectivity index (χ3n) is 3.93. The fourth-order valence-electron chi connectivity index (χ4n) is 2.36. The van der Waals surface area contributed by atoms with Crippen molar-refractivity contribution in [3.8, 4) is 0 Å². The van der Waals surface area contributed by atoms with E-state index >= 15 is 0 Å². The number of nitrogens with zero attached hydrogens (tertiary/aromatic N) is 1. The first kappa shape index (κ1) is 15.3. The SMILES string of the molecule is CN(C)CCC(NC(=O)C1CCC1)c1ccc(Cl)cc1. The summed E-state index contributed by atoms with van der Waals surface area (Å²) < 4.78 is 0. The maximum atomic E-state index is 12.2. The van der Waals surface area contributed by atoms with Crippen LogP contribution in [0.1, 0.15) is 37.3 Å². The van der Waals surface area contributed by atoms with Gasteiger partial charge in [0, 0.05) is 10.9 Å². The number of carbonyl (C=O) groups excluding carboxylic acids is 1. The second-order valence-corrected chi connectivity index (χ2v) is 6.27. The van der Waals surface area contributed by atoms with Gasteiger partial charge in [-0.1, -0.05) is 30.2 Å². The quantitative estimate of drug-likeness (QED) is 0.873. The number of amides is 1. The summed E-state index contributed by atoms with van der Waals surface area (Å²) in [6.07, 6.45) is 4.16. The highest BCUT2D eigenvalue weighted by molar-refractivity contribution is 6.30. The predicted octanol–water partition coefficient (Wildman–Crippen LogP) is 3.25. The molecule has 1 unspecified atom stereocenters. The Hall–Kier alpha value is -1.06. The number of rotatable bonds is 6. The maximum absolute atomic E-state index is 12.2. The summed E-state index contributed by atoms with van der Waals surface area (Å²) in [4.78, 5) is 14.3. The van der Waals surface area contributed by atoms with E-state index in [2.05, 4.69) is 10.2 Å². The molecular weight excluding hydrogens is 272 g/mol. The molecular formula is C16H23ClN2O. The van der Waals surface area contributed by atoms with Gasteiger partial charge in [0.2, 0.25) is 5.91 Å². The van der Waals surface area contributed by atoms with Crippen molar-refractivity contribution >= 4 is 17.5 Å². The fourth-order valence-corrected chi connectivity index (χ4v) is 2.49. The van der Waals surface area contributed by atoms with Crippen LogP contribution in [-0.2, 0) is 4.79 Å². The van der Waals surface area contributed by atoms with Crippen LogP contribution in [0.3, 0.4) is 0 Å². The van der Waals surface area contributed by atoms with Gasteiger partial charge in [-0.2, -0.15) is 0 Å². The van der Waals surface area contributed by atoms with E-state index in [0.29, 0.717) is 0 Å². The Bertz CT molecular complexity index is 440. The number of halogens is 1. The summed E-state index contributed by atoms with van der Waals surface area (Å²) in [5, 5.41) is 3.93. The lowest BCUT2D eigenvalue weighted by atomic mass is 9.84. The number of nitrogens with one attached hydrogen (secondary N) is 1. The van der Waals surface area contributed by atoms with Crippen LogP contribution in [0.5, 0.6) is 0 Å². The third-order valence-corrected chi connectivity index (χ3v) is 4.18. The van der Waals surface area contributed by atoms with Crippen molar-refractivity contribution in [2.45, 2.75) is 31.7 Å². The molecule has 1 aromatic carbocycles. The molecule has 1 aliphatic carbocycles. The van der Waals surface area contributed by atoms with Crippen molar-refractivity contribution in [1.82, 2.24) is 10.2 Å². The van der Waals surface area contributed by atoms with Crippen LogP contribution in [0.4, 0.5) is 0 Å². The molecule has 0 bridgehead atoms. The number of carbonyl (C=O) groups is 1. The van der Waals surface area contributed by atoms with Gasteiger partial charge in [0.25, 0.3) is 0 Å². The van der Waals surface area contributed by atoms with E-state index in [1.54, 1.807) is 0 Å².